The lowest BCUT2D eigenvalue weighted by molar-refractivity contribution is -0.137. The first-order valence-electron chi connectivity index (χ1n) is 6.73. The molecule has 0 unspecified atom stereocenters. The number of aliphatic carboxylic acids is 1. The summed E-state index contributed by atoms with van der Waals surface area (Å²) in [5.41, 5.74) is 1.89. The van der Waals surface area contributed by atoms with Crippen molar-refractivity contribution in [2.24, 2.45) is 0 Å². The predicted molar refractivity (Wildman–Crippen MR) is 74.8 cm³/mol. The summed E-state index contributed by atoms with van der Waals surface area (Å²) in [4.78, 5) is 26.1. The molecule has 1 heterocycles. The van der Waals surface area contributed by atoms with Gasteiger partial charge in [0, 0.05) is 16.8 Å². The third-order valence-electron chi connectivity index (χ3n) is 3.40. The Kier molecular flexibility index (Phi) is 4.58. The van der Waals surface area contributed by atoms with Crippen LogP contribution in [0.3, 0.4) is 0 Å². The van der Waals surface area contributed by atoms with Crippen molar-refractivity contribution in [3.63, 3.8) is 0 Å². The lowest BCUT2D eigenvalue weighted by Gasteiger charge is -2.21. The van der Waals surface area contributed by atoms with Crippen LogP contribution in [-0.4, -0.2) is 35.0 Å². The van der Waals surface area contributed by atoms with E-state index in [1.54, 1.807) is 11.3 Å². The van der Waals surface area contributed by atoms with E-state index < -0.39 is 5.97 Å². The molecule has 1 aromatic heterocycles. The van der Waals surface area contributed by atoms with Crippen LogP contribution in [0.5, 0.6) is 0 Å². The van der Waals surface area contributed by atoms with Crippen LogP contribution >= 0.6 is 11.3 Å². The van der Waals surface area contributed by atoms with Gasteiger partial charge in [0.2, 0.25) is 0 Å². The quantitative estimate of drug-likeness (QED) is 0.902. The summed E-state index contributed by atoms with van der Waals surface area (Å²) in [5, 5.41) is 10.8. The molecule has 0 fully saturated rings. The van der Waals surface area contributed by atoms with Crippen molar-refractivity contribution < 1.29 is 14.7 Å². The number of nitrogens with zero attached hydrogens (tertiary/aromatic N) is 1. The van der Waals surface area contributed by atoms with E-state index in [1.807, 2.05) is 12.3 Å². The van der Waals surface area contributed by atoms with Crippen LogP contribution in [0.4, 0.5) is 0 Å². The minimum absolute atomic E-state index is 0.122. The van der Waals surface area contributed by atoms with E-state index in [0.717, 1.165) is 36.8 Å². The number of carbonyl (C=O) groups is 2. The fourth-order valence-electron chi connectivity index (χ4n) is 2.53. The second kappa shape index (κ2) is 6.19. The van der Waals surface area contributed by atoms with E-state index in [0.29, 0.717) is 6.54 Å². The summed E-state index contributed by atoms with van der Waals surface area (Å²) in [6.07, 6.45) is 5.09. The van der Waals surface area contributed by atoms with Gasteiger partial charge in [-0.15, -0.1) is 11.3 Å². The minimum Gasteiger partial charge on any atom is -0.480 e. The van der Waals surface area contributed by atoms with Crippen molar-refractivity contribution in [1.29, 1.82) is 0 Å². The Morgan fingerprint density at radius 1 is 1.37 bits per heavy atom. The largest absolute Gasteiger partial charge is 0.480 e. The number of carbonyl (C=O) groups excluding carboxylic acids is 1. The van der Waals surface area contributed by atoms with E-state index in [2.05, 4.69) is 0 Å². The Balaban J connectivity index is 2.21. The number of fused-ring (bicyclic) bond motifs is 1. The third-order valence-corrected chi connectivity index (χ3v) is 4.49. The van der Waals surface area contributed by atoms with Crippen molar-refractivity contribution in [2.75, 3.05) is 13.1 Å². The lowest BCUT2D eigenvalue weighted by Crippen LogP contribution is -2.36. The number of hydrogen-bond donors (Lipinski definition) is 1. The molecule has 0 aromatic carbocycles. The standard InChI is InChI=1S/C14H19NO3S/c1-2-7-15(8-13(16)17)14(18)11-9-19-12-6-4-3-5-10(11)12/h9H,2-8H2,1H3,(H,16,17). The number of amides is 1. The first-order valence-corrected chi connectivity index (χ1v) is 7.61. The zero-order chi connectivity index (χ0) is 13.8. The van der Waals surface area contributed by atoms with Gasteiger partial charge in [0.15, 0.2) is 0 Å². The van der Waals surface area contributed by atoms with Gasteiger partial charge in [-0.1, -0.05) is 6.92 Å². The molecule has 19 heavy (non-hydrogen) atoms. The molecule has 0 aliphatic heterocycles. The van der Waals surface area contributed by atoms with Crippen molar-refractivity contribution >= 4 is 23.2 Å². The van der Waals surface area contributed by atoms with Crippen LogP contribution < -0.4 is 0 Å². The summed E-state index contributed by atoms with van der Waals surface area (Å²) < 4.78 is 0. The fourth-order valence-corrected chi connectivity index (χ4v) is 3.65. The molecular weight excluding hydrogens is 262 g/mol. The van der Waals surface area contributed by atoms with Gasteiger partial charge in [-0.2, -0.15) is 0 Å². The Hall–Kier alpha value is -1.36. The zero-order valence-corrected chi connectivity index (χ0v) is 12.0. The normalized spacial score (nSPS) is 13.9. The first-order chi connectivity index (χ1) is 9.13. The molecule has 1 amide bonds. The second-order valence-electron chi connectivity index (χ2n) is 4.88. The molecule has 0 spiro atoms. The lowest BCUT2D eigenvalue weighted by atomic mass is 9.95. The summed E-state index contributed by atoms with van der Waals surface area (Å²) >= 11 is 1.64. The Labute approximate surface area is 117 Å². The molecule has 5 heteroatoms. The molecule has 0 saturated carbocycles. The molecule has 4 nitrogen and oxygen atoms in total. The zero-order valence-electron chi connectivity index (χ0n) is 11.1. The molecule has 1 aliphatic carbocycles. The van der Waals surface area contributed by atoms with E-state index in [9.17, 15) is 9.59 Å². The SMILES string of the molecule is CCCN(CC(=O)O)C(=O)c1csc2c1CCCC2. The average molecular weight is 281 g/mol. The Morgan fingerprint density at radius 3 is 2.79 bits per heavy atom. The minimum atomic E-state index is -0.953. The van der Waals surface area contributed by atoms with Crippen LogP contribution in [0.25, 0.3) is 0 Å². The highest BCUT2D eigenvalue weighted by Gasteiger charge is 2.24. The van der Waals surface area contributed by atoms with E-state index in [1.165, 1.54) is 16.2 Å². The van der Waals surface area contributed by atoms with Crippen LogP contribution in [-0.2, 0) is 17.6 Å². The van der Waals surface area contributed by atoms with Crippen molar-refractivity contribution in [3.8, 4) is 0 Å². The predicted octanol–water partition coefficient (Wildman–Crippen LogP) is 2.56. The van der Waals surface area contributed by atoms with Crippen molar-refractivity contribution in [2.45, 2.75) is 39.0 Å². The average Bonchev–Trinajstić information content (AvgIpc) is 2.80. The summed E-state index contributed by atoms with van der Waals surface area (Å²) in [6, 6.07) is 0. The number of thiophene rings is 1. The van der Waals surface area contributed by atoms with Crippen LogP contribution in [0.2, 0.25) is 0 Å². The van der Waals surface area contributed by atoms with Gasteiger partial charge in [-0.25, -0.2) is 0 Å². The van der Waals surface area contributed by atoms with Gasteiger partial charge >= 0.3 is 5.97 Å². The van der Waals surface area contributed by atoms with Crippen LogP contribution in [0.1, 0.15) is 47.0 Å². The maximum atomic E-state index is 12.5. The Morgan fingerprint density at radius 2 is 2.11 bits per heavy atom. The van der Waals surface area contributed by atoms with Gasteiger partial charge in [-0.05, 0) is 37.7 Å². The van der Waals surface area contributed by atoms with Crippen LogP contribution in [0.15, 0.2) is 5.38 Å². The number of hydrogen-bond acceptors (Lipinski definition) is 3. The highest BCUT2D eigenvalue weighted by Crippen LogP contribution is 2.30. The molecule has 0 saturated heterocycles. The molecule has 2 rings (SSSR count). The molecule has 0 bridgehead atoms. The molecular formula is C14H19NO3S. The smallest absolute Gasteiger partial charge is 0.323 e. The maximum Gasteiger partial charge on any atom is 0.323 e. The van der Waals surface area contributed by atoms with Crippen molar-refractivity contribution in [3.05, 3.63) is 21.4 Å². The molecule has 1 aliphatic rings. The molecule has 0 atom stereocenters. The van der Waals surface area contributed by atoms with Gasteiger partial charge in [0.05, 0.1) is 5.56 Å². The van der Waals surface area contributed by atoms with Gasteiger partial charge in [-0.3, -0.25) is 9.59 Å². The summed E-state index contributed by atoms with van der Waals surface area (Å²) in [7, 11) is 0. The summed E-state index contributed by atoms with van der Waals surface area (Å²) in [5.74, 6) is -1.07. The van der Waals surface area contributed by atoms with E-state index in [4.69, 9.17) is 5.11 Å². The number of carboxylic acids is 1. The highest BCUT2D eigenvalue weighted by atomic mass is 32.1. The topological polar surface area (TPSA) is 57.6 Å². The first kappa shape index (κ1) is 14.1. The molecule has 1 N–H and O–H groups in total. The molecule has 1 aromatic rings. The van der Waals surface area contributed by atoms with E-state index in [-0.39, 0.29) is 12.5 Å². The van der Waals surface area contributed by atoms with E-state index >= 15 is 0 Å². The second-order valence-corrected chi connectivity index (χ2v) is 5.84. The number of carboxylic acid groups (broad SMARTS) is 1. The monoisotopic (exact) mass is 281 g/mol. The van der Waals surface area contributed by atoms with Crippen molar-refractivity contribution in [1.82, 2.24) is 4.90 Å². The van der Waals surface area contributed by atoms with Gasteiger partial charge < -0.3 is 10.0 Å². The third kappa shape index (κ3) is 3.15. The number of rotatable bonds is 5. The Bertz CT molecular complexity index is 481. The fraction of sp³-hybridized carbons (Fsp3) is 0.571. The van der Waals surface area contributed by atoms with Gasteiger partial charge in [0.1, 0.15) is 6.54 Å². The molecule has 104 valence electrons. The number of aryl methyl sites for hydroxylation is 1. The molecule has 0 radical (unpaired) electrons. The van der Waals surface area contributed by atoms with Gasteiger partial charge in [0.25, 0.3) is 5.91 Å². The maximum absolute atomic E-state index is 12.5. The summed E-state index contributed by atoms with van der Waals surface area (Å²) in [6.45, 7) is 2.23. The van der Waals surface area contributed by atoms with Crippen LogP contribution in [0, 0.1) is 0 Å². The highest BCUT2D eigenvalue weighted by molar-refractivity contribution is 7.10.